The number of benzene rings is 2. The van der Waals surface area contributed by atoms with Gasteiger partial charge < -0.3 is 19.7 Å². The molecule has 1 saturated heterocycles. The predicted octanol–water partition coefficient (Wildman–Crippen LogP) is 2.58. The van der Waals surface area contributed by atoms with Crippen LogP contribution >= 0.6 is 0 Å². The van der Waals surface area contributed by atoms with Gasteiger partial charge in [-0.3, -0.25) is 9.59 Å². The highest BCUT2D eigenvalue weighted by molar-refractivity contribution is 5.97. The molecule has 6 heteroatoms. The van der Waals surface area contributed by atoms with Gasteiger partial charge in [-0.05, 0) is 54.8 Å². The van der Waals surface area contributed by atoms with Gasteiger partial charge in [-0.2, -0.15) is 0 Å². The molecule has 4 rings (SSSR count). The molecule has 2 aromatic rings. The van der Waals surface area contributed by atoms with E-state index in [2.05, 4.69) is 5.32 Å². The minimum absolute atomic E-state index is 0.0369. The first-order chi connectivity index (χ1) is 12.7. The summed E-state index contributed by atoms with van der Waals surface area (Å²) in [6, 6.07) is 12.4. The fourth-order valence-electron chi connectivity index (χ4n) is 3.20. The van der Waals surface area contributed by atoms with Crippen molar-refractivity contribution in [3.05, 3.63) is 59.2 Å². The quantitative estimate of drug-likeness (QED) is 0.918. The zero-order valence-electron chi connectivity index (χ0n) is 14.4. The van der Waals surface area contributed by atoms with Gasteiger partial charge in [-0.15, -0.1) is 0 Å². The molecule has 2 aromatic carbocycles. The minimum atomic E-state index is -0.178. The van der Waals surface area contributed by atoms with Gasteiger partial charge in [0.05, 0.1) is 0 Å². The van der Waals surface area contributed by atoms with Crippen LogP contribution in [-0.2, 0) is 6.54 Å². The summed E-state index contributed by atoms with van der Waals surface area (Å²) in [4.78, 5) is 26.5. The summed E-state index contributed by atoms with van der Waals surface area (Å²) < 4.78 is 10.6. The van der Waals surface area contributed by atoms with Crippen molar-refractivity contribution in [2.75, 3.05) is 19.9 Å². The Bertz CT molecular complexity index is 826. The zero-order valence-corrected chi connectivity index (χ0v) is 14.4. The highest BCUT2D eigenvalue weighted by Crippen LogP contribution is 2.32. The molecule has 0 spiro atoms. The fraction of sp³-hybridized carbons (Fsp3) is 0.300. The maximum atomic E-state index is 12.3. The average Bonchev–Trinajstić information content (AvgIpc) is 3.37. The Morgan fingerprint density at radius 2 is 1.62 bits per heavy atom. The van der Waals surface area contributed by atoms with Gasteiger partial charge in [0.25, 0.3) is 11.8 Å². The fourth-order valence-corrected chi connectivity index (χ4v) is 3.20. The smallest absolute Gasteiger partial charge is 0.253 e. The summed E-state index contributed by atoms with van der Waals surface area (Å²) in [6.45, 7) is 2.25. The van der Waals surface area contributed by atoms with Crippen LogP contribution in [0.2, 0.25) is 0 Å². The lowest BCUT2D eigenvalue weighted by molar-refractivity contribution is 0.0792. The van der Waals surface area contributed by atoms with E-state index in [9.17, 15) is 9.59 Å². The van der Waals surface area contributed by atoms with Crippen molar-refractivity contribution in [1.29, 1.82) is 0 Å². The molecule has 2 heterocycles. The van der Waals surface area contributed by atoms with Crippen molar-refractivity contribution < 1.29 is 19.1 Å². The van der Waals surface area contributed by atoms with Crippen molar-refractivity contribution >= 4 is 11.8 Å². The van der Waals surface area contributed by atoms with Crippen molar-refractivity contribution in [1.82, 2.24) is 10.2 Å². The SMILES string of the molecule is O=C(NCc1ccc2c(c1)OCO2)c1ccc(C(=O)N2CCCC2)cc1. The van der Waals surface area contributed by atoms with Crippen LogP contribution < -0.4 is 14.8 Å². The van der Waals surface area contributed by atoms with E-state index < -0.39 is 0 Å². The molecule has 1 fully saturated rings. The van der Waals surface area contributed by atoms with Gasteiger partial charge in [0.1, 0.15) is 0 Å². The summed E-state index contributed by atoms with van der Waals surface area (Å²) >= 11 is 0. The maximum Gasteiger partial charge on any atom is 0.253 e. The second-order valence-electron chi connectivity index (χ2n) is 6.45. The number of rotatable bonds is 4. The van der Waals surface area contributed by atoms with E-state index in [4.69, 9.17) is 9.47 Å². The van der Waals surface area contributed by atoms with Crippen molar-refractivity contribution in [3.8, 4) is 11.5 Å². The number of ether oxygens (including phenoxy) is 2. The monoisotopic (exact) mass is 352 g/mol. The van der Waals surface area contributed by atoms with E-state index in [0.717, 1.165) is 37.2 Å². The van der Waals surface area contributed by atoms with Crippen LogP contribution in [0.15, 0.2) is 42.5 Å². The summed E-state index contributed by atoms with van der Waals surface area (Å²) in [5.41, 5.74) is 2.09. The first kappa shape index (κ1) is 16.4. The standard InChI is InChI=1S/C20H20N2O4/c23-19(21-12-14-3-8-17-18(11-14)26-13-25-17)15-4-6-16(7-5-15)20(24)22-9-1-2-10-22/h3-8,11H,1-2,9-10,12-13H2,(H,21,23). The van der Waals surface area contributed by atoms with Crippen LogP contribution in [0, 0.1) is 0 Å². The molecular weight excluding hydrogens is 332 g/mol. The van der Waals surface area contributed by atoms with Gasteiger partial charge in [0, 0.05) is 30.8 Å². The summed E-state index contributed by atoms with van der Waals surface area (Å²) in [5, 5.41) is 2.88. The van der Waals surface area contributed by atoms with Gasteiger partial charge in [-0.1, -0.05) is 6.07 Å². The second-order valence-corrected chi connectivity index (χ2v) is 6.45. The molecule has 0 aromatic heterocycles. The lowest BCUT2D eigenvalue weighted by atomic mass is 10.1. The molecular formula is C20H20N2O4. The number of carbonyl (C=O) groups excluding carboxylic acids is 2. The summed E-state index contributed by atoms with van der Waals surface area (Å²) in [6.07, 6.45) is 2.12. The molecule has 0 atom stereocenters. The summed E-state index contributed by atoms with van der Waals surface area (Å²) in [7, 11) is 0. The number of likely N-dealkylation sites (tertiary alicyclic amines) is 1. The first-order valence-corrected chi connectivity index (χ1v) is 8.77. The maximum absolute atomic E-state index is 12.3. The molecule has 0 bridgehead atoms. The van der Waals surface area contributed by atoms with E-state index in [-0.39, 0.29) is 18.6 Å². The molecule has 0 saturated carbocycles. The third kappa shape index (κ3) is 3.35. The number of hydrogen-bond donors (Lipinski definition) is 1. The molecule has 0 unspecified atom stereocenters. The second kappa shape index (κ2) is 7.07. The normalized spacial score (nSPS) is 15.2. The van der Waals surface area contributed by atoms with Crippen LogP contribution in [0.5, 0.6) is 11.5 Å². The minimum Gasteiger partial charge on any atom is -0.454 e. The Balaban J connectivity index is 1.36. The van der Waals surface area contributed by atoms with Crippen LogP contribution in [-0.4, -0.2) is 36.6 Å². The van der Waals surface area contributed by atoms with Crippen LogP contribution in [0.25, 0.3) is 0 Å². The van der Waals surface area contributed by atoms with E-state index >= 15 is 0 Å². The summed E-state index contributed by atoms with van der Waals surface area (Å²) in [5.74, 6) is 1.28. The number of carbonyl (C=O) groups is 2. The highest BCUT2D eigenvalue weighted by atomic mass is 16.7. The van der Waals surface area contributed by atoms with Gasteiger partial charge in [0.2, 0.25) is 6.79 Å². The Kier molecular flexibility index (Phi) is 4.48. The molecule has 134 valence electrons. The van der Waals surface area contributed by atoms with Gasteiger partial charge in [0.15, 0.2) is 11.5 Å². The third-order valence-corrected chi connectivity index (χ3v) is 4.68. The molecule has 0 aliphatic carbocycles. The molecule has 26 heavy (non-hydrogen) atoms. The van der Waals surface area contributed by atoms with E-state index in [0.29, 0.717) is 23.4 Å². The predicted molar refractivity (Wildman–Crippen MR) is 95.3 cm³/mol. The van der Waals surface area contributed by atoms with Crippen LogP contribution in [0.3, 0.4) is 0 Å². The van der Waals surface area contributed by atoms with Gasteiger partial charge >= 0.3 is 0 Å². The Labute approximate surface area is 151 Å². The highest BCUT2D eigenvalue weighted by Gasteiger charge is 2.19. The Morgan fingerprint density at radius 1 is 0.923 bits per heavy atom. The van der Waals surface area contributed by atoms with Crippen molar-refractivity contribution in [3.63, 3.8) is 0 Å². The number of hydrogen-bond acceptors (Lipinski definition) is 4. The molecule has 2 amide bonds. The number of fused-ring (bicyclic) bond motifs is 1. The number of nitrogens with zero attached hydrogens (tertiary/aromatic N) is 1. The van der Waals surface area contributed by atoms with Gasteiger partial charge in [-0.25, -0.2) is 0 Å². The van der Waals surface area contributed by atoms with Crippen LogP contribution in [0.4, 0.5) is 0 Å². The molecule has 2 aliphatic heterocycles. The number of nitrogens with one attached hydrogen (secondary N) is 1. The van der Waals surface area contributed by atoms with E-state index in [1.54, 1.807) is 24.3 Å². The van der Waals surface area contributed by atoms with Crippen molar-refractivity contribution in [2.45, 2.75) is 19.4 Å². The molecule has 0 radical (unpaired) electrons. The Hall–Kier alpha value is -3.02. The lowest BCUT2D eigenvalue weighted by Gasteiger charge is -2.15. The Morgan fingerprint density at radius 3 is 2.38 bits per heavy atom. The number of amides is 2. The van der Waals surface area contributed by atoms with E-state index in [1.165, 1.54) is 0 Å². The lowest BCUT2D eigenvalue weighted by Crippen LogP contribution is -2.27. The topological polar surface area (TPSA) is 67.9 Å². The van der Waals surface area contributed by atoms with Crippen LogP contribution in [0.1, 0.15) is 39.1 Å². The average molecular weight is 352 g/mol. The third-order valence-electron chi connectivity index (χ3n) is 4.68. The zero-order chi connectivity index (χ0) is 17.9. The first-order valence-electron chi connectivity index (χ1n) is 8.77. The molecule has 1 N–H and O–H groups in total. The van der Waals surface area contributed by atoms with Crippen molar-refractivity contribution in [2.24, 2.45) is 0 Å². The molecule has 6 nitrogen and oxygen atoms in total. The molecule has 2 aliphatic rings. The van der Waals surface area contributed by atoms with E-state index in [1.807, 2.05) is 23.1 Å². The largest absolute Gasteiger partial charge is 0.454 e.